The third kappa shape index (κ3) is 3.45. The lowest BCUT2D eigenvalue weighted by molar-refractivity contribution is -0.148. The minimum Gasteiger partial charge on any atom is -0.480 e. The van der Waals surface area contributed by atoms with Crippen molar-refractivity contribution in [2.24, 2.45) is 11.7 Å². The largest absolute Gasteiger partial charge is 0.480 e. The fourth-order valence-corrected chi connectivity index (χ4v) is 2.57. The van der Waals surface area contributed by atoms with Gasteiger partial charge in [0.25, 0.3) is 0 Å². The minimum atomic E-state index is -1.18. The fourth-order valence-electron chi connectivity index (χ4n) is 2.57. The molecule has 0 aromatic carbocycles. The van der Waals surface area contributed by atoms with Crippen molar-refractivity contribution in [3.05, 3.63) is 0 Å². The van der Waals surface area contributed by atoms with E-state index in [1.807, 2.05) is 6.92 Å². The third-order valence-corrected chi connectivity index (χ3v) is 3.78. The van der Waals surface area contributed by atoms with E-state index >= 15 is 0 Å². The zero-order valence-corrected chi connectivity index (χ0v) is 11.2. The Labute approximate surface area is 108 Å². The summed E-state index contributed by atoms with van der Waals surface area (Å²) in [6.07, 6.45) is 4.78. The normalized spacial score (nSPS) is 27.3. The first-order chi connectivity index (χ1) is 8.40. The molecule has 5 nitrogen and oxygen atoms in total. The van der Waals surface area contributed by atoms with Crippen LogP contribution in [-0.4, -0.2) is 28.6 Å². The molecule has 1 amide bonds. The predicted octanol–water partition coefficient (Wildman–Crippen LogP) is 1.26. The fraction of sp³-hybridized carbons (Fsp3) is 0.846. The lowest BCUT2D eigenvalue weighted by Gasteiger charge is -2.32. The van der Waals surface area contributed by atoms with Crippen LogP contribution in [0.15, 0.2) is 0 Å². The number of nitrogens with two attached hydrogens (primary N) is 1. The summed E-state index contributed by atoms with van der Waals surface area (Å²) in [5, 5.41) is 11.9. The zero-order chi connectivity index (χ0) is 13.8. The van der Waals surface area contributed by atoms with Crippen molar-refractivity contribution < 1.29 is 14.7 Å². The van der Waals surface area contributed by atoms with E-state index in [1.165, 1.54) is 0 Å². The minimum absolute atomic E-state index is 0.140. The van der Waals surface area contributed by atoms with E-state index in [4.69, 9.17) is 5.73 Å². The topological polar surface area (TPSA) is 92.4 Å². The SMILES string of the molecule is CCCC(C)(NC(=O)C1CCCCC1N)C(=O)O. The molecule has 3 unspecified atom stereocenters. The van der Waals surface area contributed by atoms with Gasteiger partial charge in [0.1, 0.15) is 5.54 Å². The van der Waals surface area contributed by atoms with Crippen molar-refractivity contribution in [3.8, 4) is 0 Å². The van der Waals surface area contributed by atoms with E-state index in [9.17, 15) is 14.7 Å². The molecule has 4 N–H and O–H groups in total. The van der Waals surface area contributed by atoms with Gasteiger partial charge in [-0.15, -0.1) is 0 Å². The number of hydrogen-bond donors (Lipinski definition) is 3. The molecule has 0 bridgehead atoms. The van der Waals surface area contributed by atoms with E-state index in [1.54, 1.807) is 6.92 Å². The van der Waals surface area contributed by atoms with Crippen LogP contribution in [0.4, 0.5) is 0 Å². The second kappa shape index (κ2) is 6.18. The molecule has 18 heavy (non-hydrogen) atoms. The molecule has 1 fully saturated rings. The van der Waals surface area contributed by atoms with Gasteiger partial charge >= 0.3 is 5.97 Å². The Balaban J connectivity index is 2.68. The van der Waals surface area contributed by atoms with Crippen LogP contribution < -0.4 is 11.1 Å². The molecule has 0 spiro atoms. The van der Waals surface area contributed by atoms with Crippen LogP contribution in [0.5, 0.6) is 0 Å². The lowest BCUT2D eigenvalue weighted by atomic mass is 9.83. The standard InChI is InChI=1S/C13H24N2O3/c1-3-8-13(2,12(17)18)15-11(16)9-6-4-5-7-10(9)14/h9-10H,3-8,14H2,1-2H3,(H,15,16)(H,17,18). The van der Waals surface area contributed by atoms with Crippen LogP contribution in [0.1, 0.15) is 52.4 Å². The van der Waals surface area contributed by atoms with Gasteiger partial charge in [-0.25, -0.2) is 4.79 Å². The summed E-state index contributed by atoms with van der Waals surface area (Å²) in [5.74, 6) is -1.43. The summed E-state index contributed by atoms with van der Waals surface area (Å²) in [5.41, 5.74) is 4.76. The maximum Gasteiger partial charge on any atom is 0.329 e. The smallest absolute Gasteiger partial charge is 0.329 e. The molecular weight excluding hydrogens is 232 g/mol. The highest BCUT2D eigenvalue weighted by Gasteiger charge is 2.37. The average molecular weight is 256 g/mol. The molecule has 3 atom stereocenters. The van der Waals surface area contributed by atoms with Crippen molar-refractivity contribution in [1.29, 1.82) is 0 Å². The van der Waals surface area contributed by atoms with E-state index in [0.29, 0.717) is 12.8 Å². The van der Waals surface area contributed by atoms with Gasteiger partial charge in [-0.05, 0) is 26.2 Å². The van der Waals surface area contributed by atoms with E-state index in [-0.39, 0.29) is 17.9 Å². The van der Waals surface area contributed by atoms with Crippen molar-refractivity contribution in [3.63, 3.8) is 0 Å². The van der Waals surface area contributed by atoms with Gasteiger partial charge in [0.2, 0.25) is 5.91 Å². The van der Waals surface area contributed by atoms with Crippen LogP contribution in [0.2, 0.25) is 0 Å². The first-order valence-electron chi connectivity index (χ1n) is 6.71. The molecule has 0 radical (unpaired) electrons. The average Bonchev–Trinajstić information content (AvgIpc) is 2.29. The Morgan fingerprint density at radius 2 is 2.00 bits per heavy atom. The van der Waals surface area contributed by atoms with Gasteiger partial charge in [-0.3, -0.25) is 4.79 Å². The Hall–Kier alpha value is -1.10. The van der Waals surface area contributed by atoms with Gasteiger partial charge in [0.15, 0.2) is 0 Å². The summed E-state index contributed by atoms with van der Waals surface area (Å²) < 4.78 is 0. The van der Waals surface area contributed by atoms with Crippen LogP contribution in [0.3, 0.4) is 0 Å². The Kier molecular flexibility index (Phi) is 5.14. The number of hydrogen-bond acceptors (Lipinski definition) is 3. The van der Waals surface area contributed by atoms with Crippen molar-refractivity contribution in [2.75, 3.05) is 0 Å². The zero-order valence-electron chi connectivity index (χ0n) is 11.2. The molecule has 0 aliphatic heterocycles. The van der Waals surface area contributed by atoms with Crippen LogP contribution in [0.25, 0.3) is 0 Å². The summed E-state index contributed by atoms with van der Waals surface area (Å²) in [6, 6.07) is -0.140. The molecular formula is C13H24N2O3. The molecule has 0 heterocycles. The molecule has 0 saturated heterocycles. The Morgan fingerprint density at radius 3 is 2.50 bits per heavy atom. The number of amides is 1. The number of nitrogens with one attached hydrogen (secondary N) is 1. The van der Waals surface area contributed by atoms with E-state index < -0.39 is 11.5 Å². The molecule has 1 aliphatic carbocycles. The second-order valence-electron chi connectivity index (χ2n) is 5.43. The number of carboxylic acid groups (broad SMARTS) is 1. The highest BCUT2D eigenvalue weighted by atomic mass is 16.4. The first kappa shape index (κ1) is 15.0. The maximum absolute atomic E-state index is 12.1. The van der Waals surface area contributed by atoms with Gasteiger partial charge in [0, 0.05) is 6.04 Å². The molecule has 104 valence electrons. The quantitative estimate of drug-likeness (QED) is 0.690. The monoisotopic (exact) mass is 256 g/mol. The number of carbonyl (C=O) groups is 2. The van der Waals surface area contributed by atoms with E-state index in [2.05, 4.69) is 5.32 Å². The highest BCUT2D eigenvalue weighted by Crippen LogP contribution is 2.24. The van der Waals surface area contributed by atoms with Crippen molar-refractivity contribution in [2.45, 2.75) is 64.0 Å². The Morgan fingerprint density at radius 1 is 1.39 bits per heavy atom. The third-order valence-electron chi connectivity index (χ3n) is 3.78. The highest BCUT2D eigenvalue weighted by molar-refractivity contribution is 5.88. The van der Waals surface area contributed by atoms with Crippen molar-refractivity contribution in [1.82, 2.24) is 5.32 Å². The molecule has 1 saturated carbocycles. The number of carbonyl (C=O) groups excluding carboxylic acids is 1. The van der Waals surface area contributed by atoms with Gasteiger partial charge < -0.3 is 16.2 Å². The Bertz CT molecular complexity index is 319. The summed E-state index contributed by atoms with van der Waals surface area (Å²) >= 11 is 0. The van der Waals surface area contributed by atoms with Gasteiger partial charge in [0.05, 0.1) is 5.92 Å². The number of rotatable bonds is 5. The van der Waals surface area contributed by atoms with Crippen LogP contribution >= 0.6 is 0 Å². The molecule has 1 rings (SSSR count). The van der Waals surface area contributed by atoms with Crippen LogP contribution in [0, 0.1) is 5.92 Å². The van der Waals surface area contributed by atoms with Crippen molar-refractivity contribution >= 4 is 11.9 Å². The predicted molar refractivity (Wildman–Crippen MR) is 69.0 cm³/mol. The van der Waals surface area contributed by atoms with Gasteiger partial charge in [-0.1, -0.05) is 26.2 Å². The molecule has 5 heteroatoms. The first-order valence-corrected chi connectivity index (χ1v) is 6.71. The second-order valence-corrected chi connectivity index (χ2v) is 5.43. The molecule has 0 aromatic heterocycles. The maximum atomic E-state index is 12.1. The molecule has 0 aromatic rings. The molecule has 1 aliphatic rings. The van der Waals surface area contributed by atoms with Crippen LogP contribution in [-0.2, 0) is 9.59 Å². The summed E-state index contributed by atoms with van der Waals surface area (Å²) in [6.45, 7) is 3.46. The number of aliphatic carboxylic acids is 1. The van der Waals surface area contributed by atoms with E-state index in [0.717, 1.165) is 25.7 Å². The lowest BCUT2D eigenvalue weighted by Crippen LogP contribution is -2.56. The number of carboxylic acids is 1. The summed E-state index contributed by atoms with van der Waals surface area (Å²) in [4.78, 5) is 23.4. The summed E-state index contributed by atoms with van der Waals surface area (Å²) in [7, 11) is 0. The van der Waals surface area contributed by atoms with Gasteiger partial charge in [-0.2, -0.15) is 0 Å².